The highest BCUT2D eigenvalue weighted by Gasteiger charge is 2.70. The second-order valence-corrected chi connectivity index (χ2v) is 36.0. The van der Waals surface area contributed by atoms with Crippen molar-refractivity contribution in [1.82, 2.24) is 0 Å². The third-order valence-corrected chi connectivity index (χ3v) is 30.8. The maximum atomic E-state index is 2.66. The van der Waals surface area contributed by atoms with E-state index in [0.29, 0.717) is 54.1 Å². The molecule has 0 heteroatoms. The molecule has 0 bridgehead atoms. The highest BCUT2D eigenvalue weighted by Crippen LogP contribution is 2.78. The van der Waals surface area contributed by atoms with Crippen molar-refractivity contribution >= 4 is 0 Å². The fourth-order valence-electron chi connectivity index (χ4n) is 23.5. The van der Waals surface area contributed by atoms with Crippen LogP contribution in [0.1, 0.15) is 255 Å². The second-order valence-electron chi connectivity index (χ2n) is 36.0. The van der Waals surface area contributed by atoms with E-state index in [1.165, 1.54) is 89.9 Å². The molecule has 14 aliphatic carbocycles. The summed E-state index contributed by atoms with van der Waals surface area (Å²) in [5, 5.41) is 0. The van der Waals surface area contributed by atoms with Crippen LogP contribution >= 0.6 is 0 Å². The first-order chi connectivity index (χ1) is 32.2. The summed E-state index contributed by atoms with van der Waals surface area (Å²) in [6, 6.07) is 0. The molecule has 23 unspecified atom stereocenters. The van der Waals surface area contributed by atoms with Crippen LogP contribution in [0.2, 0.25) is 0 Å². The summed E-state index contributed by atoms with van der Waals surface area (Å²) in [4.78, 5) is 0. The lowest BCUT2D eigenvalue weighted by Crippen LogP contribution is -2.41. The van der Waals surface area contributed by atoms with Gasteiger partial charge in [0.1, 0.15) is 0 Å². The lowest BCUT2D eigenvalue weighted by atomic mass is 9.54. The van der Waals surface area contributed by atoms with E-state index in [2.05, 4.69) is 151 Å². The zero-order valence-corrected chi connectivity index (χ0v) is 50.6. The average molecular weight is 960 g/mol. The van der Waals surface area contributed by atoms with E-state index in [4.69, 9.17) is 0 Å². The Hall–Kier alpha value is -0.260. The molecule has 0 N–H and O–H groups in total. The highest BCUT2D eigenvalue weighted by molar-refractivity contribution is 5.21. The van der Waals surface area contributed by atoms with Crippen LogP contribution in [-0.2, 0) is 0 Å². The lowest BCUT2D eigenvalue weighted by Gasteiger charge is -2.51. The highest BCUT2D eigenvalue weighted by atomic mass is 14.7. The van der Waals surface area contributed by atoms with E-state index in [1.54, 1.807) is 24.8 Å². The van der Waals surface area contributed by atoms with Crippen LogP contribution in [0.4, 0.5) is 0 Å². The monoisotopic (exact) mass is 959 g/mol. The Bertz CT molecular complexity index is 1960. The van der Waals surface area contributed by atoms with E-state index >= 15 is 0 Å². The summed E-state index contributed by atoms with van der Waals surface area (Å²) in [6.45, 7) is 53.1. The molecule has 0 heterocycles. The molecule has 398 valence electrons. The maximum absolute atomic E-state index is 2.66. The topological polar surface area (TPSA) is 0 Å². The molecule has 0 spiro atoms. The molecule has 0 aromatic heterocycles. The van der Waals surface area contributed by atoms with Gasteiger partial charge >= 0.3 is 0 Å². The van der Waals surface area contributed by atoms with E-state index in [-0.39, 0.29) is 0 Å². The van der Waals surface area contributed by atoms with Crippen molar-refractivity contribution in [2.45, 2.75) is 255 Å². The van der Waals surface area contributed by atoms with Gasteiger partial charge in [-0.2, -0.15) is 0 Å². The minimum absolute atomic E-state index is 0.631. The zero-order valence-electron chi connectivity index (χ0n) is 50.6. The molecule has 14 aliphatic rings. The van der Waals surface area contributed by atoms with Crippen molar-refractivity contribution in [3.8, 4) is 0 Å². The van der Waals surface area contributed by atoms with Gasteiger partial charge in [0.25, 0.3) is 0 Å². The summed E-state index contributed by atoms with van der Waals surface area (Å²) in [5.41, 5.74) is 8.28. The molecule has 0 aliphatic heterocycles. The molecule has 14 rings (SSSR count). The van der Waals surface area contributed by atoms with Gasteiger partial charge in [-0.1, -0.05) is 150 Å². The Morgan fingerprint density at radius 1 is 0.329 bits per heavy atom. The van der Waals surface area contributed by atoms with Crippen molar-refractivity contribution in [3.63, 3.8) is 0 Å². The minimum atomic E-state index is 0.631. The van der Waals surface area contributed by atoms with Crippen molar-refractivity contribution < 1.29 is 0 Å². The van der Waals surface area contributed by atoms with Crippen LogP contribution < -0.4 is 0 Å². The average Bonchev–Trinajstić information content (AvgIpc) is 4.22. The second kappa shape index (κ2) is 15.9. The third kappa shape index (κ3) is 7.96. The number of rotatable bonds is 3. The Kier molecular flexibility index (Phi) is 11.8. The smallest absolute Gasteiger partial charge is 0.0269 e. The van der Waals surface area contributed by atoms with Crippen LogP contribution in [0.3, 0.4) is 0 Å². The largest absolute Gasteiger partial charge is 0.0853 e. The minimum Gasteiger partial charge on any atom is -0.0853 e. The van der Waals surface area contributed by atoms with Crippen molar-refractivity contribution in [1.29, 1.82) is 0 Å². The first kappa shape index (κ1) is 51.8. The van der Waals surface area contributed by atoms with Crippen molar-refractivity contribution in [3.05, 3.63) is 11.6 Å². The van der Waals surface area contributed by atoms with E-state index < -0.39 is 0 Å². The predicted molar refractivity (Wildman–Crippen MR) is 300 cm³/mol. The first-order valence-electron chi connectivity index (χ1n) is 31.8. The number of hydrogen-bond acceptors (Lipinski definition) is 0. The zero-order chi connectivity index (χ0) is 50.9. The van der Waals surface area contributed by atoms with Gasteiger partial charge in [-0.25, -0.2) is 0 Å². The van der Waals surface area contributed by atoms with Crippen LogP contribution in [-0.4, -0.2) is 0 Å². The van der Waals surface area contributed by atoms with Gasteiger partial charge in [0.15, 0.2) is 0 Å². The van der Waals surface area contributed by atoms with Crippen LogP contribution in [0.5, 0.6) is 0 Å². The maximum Gasteiger partial charge on any atom is -0.0269 e. The number of fused-ring (bicyclic) bond motifs is 7. The van der Waals surface area contributed by atoms with Crippen molar-refractivity contribution in [2.24, 2.45) is 173 Å². The number of allylic oxidation sites excluding steroid dienone is 2. The first-order valence-corrected chi connectivity index (χ1v) is 31.8. The fraction of sp³-hybridized carbons (Fsp3) is 0.971. The Labute approximate surface area is 436 Å². The van der Waals surface area contributed by atoms with Gasteiger partial charge in [0, 0.05) is 0 Å². The lowest BCUT2D eigenvalue weighted by molar-refractivity contribution is -0.0115. The molecule has 0 saturated heterocycles. The molecular formula is C70H118. The normalized spacial score (nSPS) is 56.2. The summed E-state index contributed by atoms with van der Waals surface area (Å²) < 4.78 is 0. The van der Waals surface area contributed by atoms with Crippen LogP contribution in [0.25, 0.3) is 0 Å². The van der Waals surface area contributed by atoms with Gasteiger partial charge in [0.05, 0.1) is 0 Å². The number of hydrogen-bond donors (Lipinski definition) is 0. The Morgan fingerprint density at radius 3 is 1.06 bits per heavy atom. The fourth-order valence-corrected chi connectivity index (χ4v) is 23.5. The van der Waals surface area contributed by atoms with Crippen LogP contribution in [0, 0.1) is 173 Å². The quantitative estimate of drug-likeness (QED) is 0.247. The van der Waals surface area contributed by atoms with Gasteiger partial charge in [-0.3, -0.25) is 0 Å². The van der Waals surface area contributed by atoms with Crippen molar-refractivity contribution in [2.75, 3.05) is 0 Å². The third-order valence-electron chi connectivity index (χ3n) is 30.8. The predicted octanol–water partition coefficient (Wildman–Crippen LogP) is 20.3. The van der Waals surface area contributed by atoms with E-state index in [1.807, 2.05) is 0 Å². The summed E-state index contributed by atoms with van der Waals surface area (Å²) >= 11 is 0. The molecule has 70 heavy (non-hydrogen) atoms. The molecule has 0 nitrogen and oxygen atoms in total. The van der Waals surface area contributed by atoms with E-state index in [9.17, 15) is 0 Å². The molecule has 0 radical (unpaired) electrons. The molecule has 0 amide bonds. The molecule has 23 atom stereocenters. The molecule has 0 aromatic rings. The van der Waals surface area contributed by atoms with Gasteiger partial charge in [-0.05, 0) is 289 Å². The molecule has 0 aromatic carbocycles. The summed E-state index contributed by atoms with van der Waals surface area (Å²) in [6.07, 6.45) is 28.1. The van der Waals surface area contributed by atoms with Gasteiger partial charge in [0.2, 0.25) is 0 Å². The Morgan fingerprint density at radius 2 is 0.671 bits per heavy atom. The van der Waals surface area contributed by atoms with Gasteiger partial charge in [-0.15, -0.1) is 0 Å². The van der Waals surface area contributed by atoms with Gasteiger partial charge < -0.3 is 0 Å². The van der Waals surface area contributed by atoms with E-state index in [0.717, 1.165) is 118 Å². The van der Waals surface area contributed by atoms with Crippen LogP contribution in [0.15, 0.2) is 11.6 Å². The molecule has 13 saturated carbocycles. The summed E-state index contributed by atoms with van der Waals surface area (Å²) in [7, 11) is 0. The standard InChI is InChI=1S/3C20H34.C10H16/c1-11-7-15-17(19(15,3)4)9-13(11)14-10-18-16(8-12(14)2)20(18,5)6;1-17(2)13-7-9-19(5,11-15(13)17)20(6)10-8-14-16(12-20)18(14,3)4;1-12-9-15-16(19(15,4)5)10-14(12)20(6)8-7-13-17(11-20)18(13,2)3;1-7-4-5-8-9(6-7)10(8,2)3/h11-18H,7-10H2,1-6H3;13-16H,7-12H2,1-6H3;12-17H,7-11H2,1-6H3;4,8-9H,5-6H2,1-3H3. The Balaban J connectivity index is 0.000000104. The molecular weight excluding hydrogens is 841 g/mol. The molecule has 13 fully saturated rings. The summed E-state index contributed by atoms with van der Waals surface area (Å²) in [5.74, 6) is 20.8. The SMILES string of the molecule is CC1(C)C2CCC(C)(C3(C)CCC4C(C3)C4(C)C)CC21.CC1=CCC2C(C1)C2(C)C.CC1CC2C(CC1C1(C)CCC3C(C1)C3(C)C)C2(C)C.CC1CC2C(CC1C1CC3C(CC1C)C3(C)C)C2(C)C.